The lowest BCUT2D eigenvalue weighted by Crippen LogP contribution is -2.54. The zero-order chi connectivity index (χ0) is 14.3. The van der Waals surface area contributed by atoms with Crippen LogP contribution in [0.3, 0.4) is 0 Å². The van der Waals surface area contributed by atoms with Crippen molar-refractivity contribution in [1.29, 1.82) is 0 Å². The van der Waals surface area contributed by atoms with Crippen molar-refractivity contribution in [2.24, 2.45) is 5.92 Å². The van der Waals surface area contributed by atoms with Crippen LogP contribution in [0.2, 0.25) is 0 Å². The van der Waals surface area contributed by atoms with Gasteiger partial charge in [-0.2, -0.15) is 0 Å². The molecule has 0 saturated heterocycles. The summed E-state index contributed by atoms with van der Waals surface area (Å²) in [6.45, 7) is 10.4. The summed E-state index contributed by atoms with van der Waals surface area (Å²) in [7, 11) is 2.35. The van der Waals surface area contributed by atoms with Crippen LogP contribution < -0.4 is 5.32 Å². The smallest absolute Gasteiger partial charge is 0.0251 e. The van der Waals surface area contributed by atoms with E-state index >= 15 is 0 Å². The SMILES string of the molecule is CCCC1CCC(NCC)C(N(C)C(C)CCC)C1. The second-order valence-corrected chi connectivity index (χ2v) is 6.50. The minimum Gasteiger partial charge on any atom is -0.313 e. The fraction of sp³-hybridized carbons (Fsp3) is 1.00. The highest BCUT2D eigenvalue weighted by atomic mass is 15.2. The Kier molecular flexibility index (Phi) is 8.01. The van der Waals surface area contributed by atoms with Crippen molar-refractivity contribution in [2.45, 2.75) is 90.8 Å². The Balaban J connectivity index is 2.64. The van der Waals surface area contributed by atoms with E-state index in [1.807, 2.05) is 0 Å². The van der Waals surface area contributed by atoms with E-state index in [1.165, 1.54) is 44.9 Å². The molecule has 1 saturated carbocycles. The molecule has 0 aromatic rings. The van der Waals surface area contributed by atoms with Crippen LogP contribution in [-0.2, 0) is 0 Å². The average Bonchev–Trinajstić information content (AvgIpc) is 2.40. The van der Waals surface area contributed by atoms with Crippen molar-refractivity contribution in [3.05, 3.63) is 0 Å². The standard InChI is InChI=1S/C17H36N2/c1-6-9-14(4)19(5)17-13-15(10-7-2)11-12-16(17)18-8-3/h14-18H,6-13H2,1-5H3. The number of hydrogen-bond acceptors (Lipinski definition) is 2. The second kappa shape index (κ2) is 8.97. The Morgan fingerprint density at radius 1 is 1.16 bits per heavy atom. The van der Waals surface area contributed by atoms with Crippen LogP contribution in [0.25, 0.3) is 0 Å². The average molecular weight is 268 g/mol. The van der Waals surface area contributed by atoms with Gasteiger partial charge in [-0.3, -0.25) is 4.90 Å². The van der Waals surface area contributed by atoms with Gasteiger partial charge in [0.25, 0.3) is 0 Å². The normalized spacial score (nSPS) is 29.7. The van der Waals surface area contributed by atoms with E-state index in [2.05, 4.69) is 45.0 Å². The van der Waals surface area contributed by atoms with Crippen LogP contribution in [0.15, 0.2) is 0 Å². The van der Waals surface area contributed by atoms with Crippen LogP contribution in [-0.4, -0.2) is 36.6 Å². The number of hydrogen-bond donors (Lipinski definition) is 1. The van der Waals surface area contributed by atoms with E-state index in [1.54, 1.807) is 0 Å². The van der Waals surface area contributed by atoms with Gasteiger partial charge in [0.2, 0.25) is 0 Å². The van der Waals surface area contributed by atoms with E-state index in [0.717, 1.165) is 24.5 Å². The fourth-order valence-corrected chi connectivity index (χ4v) is 3.80. The first kappa shape index (κ1) is 17.0. The van der Waals surface area contributed by atoms with Crippen molar-refractivity contribution in [1.82, 2.24) is 10.2 Å². The number of likely N-dealkylation sites (N-methyl/N-ethyl adjacent to an activating group) is 2. The lowest BCUT2D eigenvalue weighted by atomic mass is 9.79. The van der Waals surface area contributed by atoms with E-state index in [-0.39, 0.29) is 0 Å². The van der Waals surface area contributed by atoms with Gasteiger partial charge in [0.15, 0.2) is 0 Å². The molecule has 0 aromatic carbocycles. The molecule has 1 rings (SSSR count). The molecule has 1 aliphatic rings. The van der Waals surface area contributed by atoms with Crippen LogP contribution in [0.1, 0.15) is 72.6 Å². The summed E-state index contributed by atoms with van der Waals surface area (Å²) in [4.78, 5) is 2.67. The molecular formula is C17H36N2. The molecule has 114 valence electrons. The van der Waals surface area contributed by atoms with Crippen LogP contribution in [0, 0.1) is 5.92 Å². The second-order valence-electron chi connectivity index (χ2n) is 6.50. The fourth-order valence-electron chi connectivity index (χ4n) is 3.80. The van der Waals surface area contributed by atoms with Gasteiger partial charge >= 0.3 is 0 Å². The molecule has 2 nitrogen and oxygen atoms in total. The first-order valence-corrected chi connectivity index (χ1v) is 8.59. The van der Waals surface area contributed by atoms with Gasteiger partial charge in [-0.25, -0.2) is 0 Å². The Labute approximate surface area is 121 Å². The first-order chi connectivity index (χ1) is 9.13. The maximum absolute atomic E-state index is 3.73. The van der Waals surface area contributed by atoms with E-state index < -0.39 is 0 Å². The number of rotatable bonds is 8. The van der Waals surface area contributed by atoms with Crippen LogP contribution in [0.4, 0.5) is 0 Å². The zero-order valence-corrected chi connectivity index (χ0v) is 13.9. The third-order valence-electron chi connectivity index (χ3n) is 5.01. The topological polar surface area (TPSA) is 15.3 Å². The maximum atomic E-state index is 3.73. The van der Waals surface area contributed by atoms with E-state index in [0.29, 0.717) is 6.04 Å². The first-order valence-electron chi connectivity index (χ1n) is 8.59. The number of nitrogens with one attached hydrogen (secondary N) is 1. The largest absolute Gasteiger partial charge is 0.313 e. The molecule has 1 aliphatic carbocycles. The molecule has 4 atom stereocenters. The number of nitrogens with zero attached hydrogens (tertiary/aromatic N) is 1. The molecule has 0 amide bonds. The lowest BCUT2D eigenvalue weighted by molar-refractivity contribution is 0.0840. The van der Waals surface area contributed by atoms with Gasteiger partial charge in [0, 0.05) is 18.1 Å². The molecule has 0 heterocycles. The minimum absolute atomic E-state index is 0.711. The molecule has 0 aromatic heterocycles. The quantitative estimate of drug-likeness (QED) is 0.714. The monoisotopic (exact) mass is 268 g/mol. The Bertz CT molecular complexity index is 225. The predicted molar refractivity (Wildman–Crippen MR) is 85.6 cm³/mol. The van der Waals surface area contributed by atoms with Gasteiger partial charge in [-0.15, -0.1) is 0 Å². The highest BCUT2D eigenvalue weighted by molar-refractivity contribution is 4.91. The van der Waals surface area contributed by atoms with Gasteiger partial charge in [-0.05, 0) is 52.1 Å². The van der Waals surface area contributed by atoms with Crippen LogP contribution >= 0.6 is 0 Å². The molecule has 1 N–H and O–H groups in total. The third kappa shape index (κ3) is 5.07. The van der Waals surface area contributed by atoms with Gasteiger partial charge in [-0.1, -0.05) is 40.0 Å². The highest BCUT2D eigenvalue weighted by Gasteiger charge is 2.33. The van der Waals surface area contributed by atoms with Gasteiger partial charge in [0.05, 0.1) is 0 Å². The zero-order valence-electron chi connectivity index (χ0n) is 13.9. The minimum atomic E-state index is 0.711. The molecule has 0 radical (unpaired) electrons. The van der Waals surface area contributed by atoms with Crippen molar-refractivity contribution in [2.75, 3.05) is 13.6 Å². The molecule has 0 spiro atoms. The maximum Gasteiger partial charge on any atom is 0.0251 e. The summed E-state index contributed by atoms with van der Waals surface area (Å²) in [5.41, 5.74) is 0. The Morgan fingerprint density at radius 3 is 2.47 bits per heavy atom. The summed E-state index contributed by atoms with van der Waals surface area (Å²) in [6, 6.07) is 2.17. The van der Waals surface area contributed by atoms with Gasteiger partial charge in [0.1, 0.15) is 0 Å². The molecular weight excluding hydrogens is 232 g/mol. The molecule has 0 bridgehead atoms. The summed E-state index contributed by atoms with van der Waals surface area (Å²) < 4.78 is 0. The summed E-state index contributed by atoms with van der Waals surface area (Å²) in [5, 5.41) is 3.73. The Hall–Kier alpha value is -0.0800. The van der Waals surface area contributed by atoms with Crippen molar-refractivity contribution in [3.8, 4) is 0 Å². The predicted octanol–water partition coefficient (Wildman–Crippen LogP) is 4.05. The molecule has 1 fully saturated rings. The summed E-state index contributed by atoms with van der Waals surface area (Å²) in [6.07, 6.45) is 9.58. The Morgan fingerprint density at radius 2 is 1.89 bits per heavy atom. The van der Waals surface area contributed by atoms with Gasteiger partial charge < -0.3 is 5.32 Å². The van der Waals surface area contributed by atoms with Crippen molar-refractivity contribution in [3.63, 3.8) is 0 Å². The highest BCUT2D eigenvalue weighted by Crippen LogP contribution is 2.31. The molecule has 4 unspecified atom stereocenters. The summed E-state index contributed by atoms with van der Waals surface area (Å²) >= 11 is 0. The van der Waals surface area contributed by atoms with Crippen molar-refractivity contribution >= 4 is 0 Å². The van der Waals surface area contributed by atoms with Crippen molar-refractivity contribution < 1.29 is 0 Å². The molecule has 19 heavy (non-hydrogen) atoms. The molecule has 2 heteroatoms. The van der Waals surface area contributed by atoms with E-state index in [9.17, 15) is 0 Å². The van der Waals surface area contributed by atoms with Crippen LogP contribution in [0.5, 0.6) is 0 Å². The lowest BCUT2D eigenvalue weighted by Gasteiger charge is -2.44. The van der Waals surface area contributed by atoms with E-state index in [4.69, 9.17) is 0 Å². The summed E-state index contributed by atoms with van der Waals surface area (Å²) in [5.74, 6) is 0.959. The molecule has 0 aliphatic heterocycles. The third-order valence-corrected chi connectivity index (χ3v) is 5.01.